The lowest BCUT2D eigenvalue weighted by Gasteiger charge is -2.08. The molecule has 5 heteroatoms. The van der Waals surface area contributed by atoms with Crippen molar-refractivity contribution in [2.24, 2.45) is 0 Å². The summed E-state index contributed by atoms with van der Waals surface area (Å²) < 4.78 is 7.54. The van der Waals surface area contributed by atoms with Crippen LogP contribution < -0.4 is 10.5 Å². The van der Waals surface area contributed by atoms with Gasteiger partial charge in [0.15, 0.2) is 5.56 Å². The molecule has 29 heavy (non-hydrogen) atoms. The molecule has 0 atom stereocenters. The molecule has 4 aromatic rings. The highest BCUT2D eigenvalue weighted by atomic mass is 16.5. The van der Waals surface area contributed by atoms with Crippen LogP contribution in [-0.2, 0) is 13.2 Å². The van der Waals surface area contributed by atoms with Crippen molar-refractivity contribution in [2.75, 3.05) is 5.73 Å². The number of fused-ring (bicyclic) bond motifs is 1. The SMILES string of the molecule is Cc1ccc(C)c(COc2nn(Cc3cccc4ccccc34)c(N)c2C#N)c1. The highest BCUT2D eigenvalue weighted by molar-refractivity contribution is 5.85. The summed E-state index contributed by atoms with van der Waals surface area (Å²) >= 11 is 0. The lowest BCUT2D eigenvalue weighted by Crippen LogP contribution is -2.07. The van der Waals surface area contributed by atoms with Crippen molar-refractivity contribution in [3.63, 3.8) is 0 Å². The smallest absolute Gasteiger partial charge is 0.253 e. The number of nitrogens with two attached hydrogens (primary N) is 1. The molecule has 1 heterocycles. The fourth-order valence-corrected chi connectivity index (χ4v) is 3.47. The normalized spacial score (nSPS) is 10.8. The Hall–Kier alpha value is -3.78. The number of nitrogens with zero attached hydrogens (tertiary/aromatic N) is 3. The summed E-state index contributed by atoms with van der Waals surface area (Å²) in [5.41, 5.74) is 11.0. The standard InChI is InChI=1S/C24H22N4O/c1-16-10-11-17(2)20(12-16)15-29-24-22(13-25)23(26)28(27-24)14-19-8-5-7-18-6-3-4-9-21(18)19/h3-12H,14-15,26H2,1-2H3. The first-order valence-electron chi connectivity index (χ1n) is 9.49. The third-order valence-corrected chi connectivity index (χ3v) is 5.14. The van der Waals surface area contributed by atoms with Crippen molar-refractivity contribution < 1.29 is 4.74 Å². The number of nitrogen functional groups attached to an aromatic ring is 1. The lowest BCUT2D eigenvalue weighted by molar-refractivity contribution is 0.288. The minimum absolute atomic E-state index is 0.270. The average molecular weight is 382 g/mol. The predicted molar refractivity (Wildman–Crippen MR) is 115 cm³/mol. The van der Waals surface area contributed by atoms with Gasteiger partial charge in [-0.05, 0) is 41.3 Å². The van der Waals surface area contributed by atoms with Gasteiger partial charge >= 0.3 is 0 Å². The lowest BCUT2D eigenvalue weighted by atomic mass is 10.0. The van der Waals surface area contributed by atoms with Crippen molar-refractivity contribution in [1.29, 1.82) is 5.26 Å². The van der Waals surface area contributed by atoms with E-state index in [0.717, 1.165) is 33.0 Å². The second-order valence-electron chi connectivity index (χ2n) is 7.19. The van der Waals surface area contributed by atoms with Crippen molar-refractivity contribution in [1.82, 2.24) is 9.78 Å². The minimum Gasteiger partial charge on any atom is -0.471 e. The number of rotatable bonds is 5. The Balaban J connectivity index is 1.63. The second-order valence-corrected chi connectivity index (χ2v) is 7.19. The average Bonchev–Trinajstić information content (AvgIpc) is 3.03. The van der Waals surface area contributed by atoms with Crippen LogP contribution in [0, 0.1) is 25.2 Å². The first-order chi connectivity index (χ1) is 14.1. The zero-order valence-electron chi connectivity index (χ0n) is 16.5. The zero-order chi connectivity index (χ0) is 20.4. The Morgan fingerprint density at radius 1 is 1.03 bits per heavy atom. The summed E-state index contributed by atoms with van der Waals surface area (Å²) in [6.45, 7) is 4.89. The maximum Gasteiger partial charge on any atom is 0.253 e. The van der Waals surface area contributed by atoms with Crippen LogP contribution in [0.15, 0.2) is 60.7 Å². The van der Waals surface area contributed by atoms with E-state index in [0.29, 0.717) is 19.0 Å². The Labute approximate surface area is 170 Å². The molecule has 0 bridgehead atoms. The molecular formula is C24H22N4O. The Morgan fingerprint density at radius 2 is 1.83 bits per heavy atom. The fraction of sp³-hybridized carbons (Fsp3) is 0.167. The Morgan fingerprint density at radius 3 is 2.66 bits per heavy atom. The molecule has 0 aliphatic carbocycles. The summed E-state index contributed by atoms with van der Waals surface area (Å²) in [7, 11) is 0. The van der Waals surface area contributed by atoms with Crippen molar-refractivity contribution in [3.05, 3.63) is 88.5 Å². The molecule has 0 spiro atoms. The third kappa shape index (κ3) is 3.65. The monoisotopic (exact) mass is 382 g/mol. The topological polar surface area (TPSA) is 76.9 Å². The van der Waals surface area contributed by atoms with Gasteiger partial charge in [-0.2, -0.15) is 5.26 Å². The molecule has 4 rings (SSSR count). The number of hydrogen-bond donors (Lipinski definition) is 1. The van der Waals surface area contributed by atoms with E-state index in [2.05, 4.69) is 47.6 Å². The summed E-state index contributed by atoms with van der Waals surface area (Å²) in [5.74, 6) is 0.586. The van der Waals surface area contributed by atoms with Crippen LogP contribution in [0.4, 0.5) is 5.82 Å². The van der Waals surface area contributed by atoms with Gasteiger partial charge in [-0.15, -0.1) is 5.10 Å². The summed E-state index contributed by atoms with van der Waals surface area (Å²) in [6.07, 6.45) is 0. The molecule has 3 aromatic carbocycles. The van der Waals surface area contributed by atoms with Crippen LogP contribution in [0.25, 0.3) is 10.8 Å². The summed E-state index contributed by atoms with van der Waals surface area (Å²) in [4.78, 5) is 0. The van der Waals surface area contributed by atoms with E-state index < -0.39 is 0 Å². The van der Waals surface area contributed by atoms with Crippen LogP contribution in [0.3, 0.4) is 0 Å². The van der Waals surface area contributed by atoms with E-state index in [1.54, 1.807) is 4.68 Å². The molecule has 0 saturated carbocycles. The molecule has 0 fully saturated rings. The highest BCUT2D eigenvalue weighted by Gasteiger charge is 2.18. The molecule has 0 amide bonds. The van der Waals surface area contributed by atoms with Gasteiger partial charge in [-0.1, -0.05) is 66.2 Å². The van der Waals surface area contributed by atoms with Gasteiger partial charge in [-0.3, -0.25) is 0 Å². The van der Waals surface area contributed by atoms with Crippen LogP contribution in [-0.4, -0.2) is 9.78 Å². The second kappa shape index (κ2) is 7.69. The molecule has 0 aliphatic rings. The minimum atomic E-state index is 0.270. The van der Waals surface area contributed by atoms with Gasteiger partial charge in [0.2, 0.25) is 0 Å². The highest BCUT2D eigenvalue weighted by Crippen LogP contribution is 2.27. The predicted octanol–water partition coefficient (Wildman–Crippen LogP) is 4.73. The van der Waals surface area contributed by atoms with Crippen LogP contribution in [0.2, 0.25) is 0 Å². The molecule has 144 valence electrons. The van der Waals surface area contributed by atoms with E-state index in [-0.39, 0.29) is 11.4 Å². The van der Waals surface area contributed by atoms with Crippen LogP contribution in [0.1, 0.15) is 27.8 Å². The van der Waals surface area contributed by atoms with Crippen LogP contribution in [0.5, 0.6) is 5.88 Å². The summed E-state index contributed by atoms with van der Waals surface area (Å²) in [5, 5.41) is 16.4. The van der Waals surface area contributed by atoms with Gasteiger partial charge in [-0.25, -0.2) is 4.68 Å². The summed E-state index contributed by atoms with van der Waals surface area (Å²) in [6, 6.07) is 22.7. The molecule has 2 N–H and O–H groups in total. The number of nitriles is 1. The molecule has 0 aliphatic heterocycles. The van der Waals surface area contributed by atoms with E-state index in [1.165, 1.54) is 0 Å². The first-order valence-corrected chi connectivity index (χ1v) is 9.49. The number of aryl methyl sites for hydroxylation is 2. The molecule has 0 unspecified atom stereocenters. The number of aromatic nitrogens is 2. The Bertz CT molecular complexity index is 1230. The van der Waals surface area contributed by atoms with Crippen molar-refractivity contribution in [2.45, 2.75) is 27.0 Å². The first kappa shape index (κ1) is 18.6. The number of hydrogen-bond acceptors (Lipinski definition) is 4. The zero-order valence-corrected chi connectivity index (χ0v) is 16.5. The van der Waals surface area contributed by atoms with E-state index in [4.69, 9.17) is 10.5 Å². The van der Waals surface area contributed by atoms with Crippen molar-refractivity contribution >= 4 is 16.6 Å². The molecule has 0 radical (unpaired) electrons. The van der Waals surface area contributed by atoms with E-state index in [1.807, 2.05) is 38.1 Å². The number of ether oxygens (including phenoxy) is 1. The number of benzene rings is 3. The maximum atomic E-state index is 9.58. The van der Waals surface area contributed by atoms with Gasteiger partial charge in [0.25, 0.3) is 5.88 Å². The maximum absolute atomic E-state index is 9.58. The molecule has 1 aromatic heterocycles. The quantitative estimate of drug-likeness (QED) is 0.541. The van der Waals surface area contributed by atoms with Gasteiger partial charge < -0.3 is 10.5 Å². The van der Waals surface area contributed by atoms with Gasteiger partial charge in [0.1, 0.15) is 18.5 Å². The van der Waals surface area contributed by atoms with Gasteiger partial charge in [0, 0.05) is 0 Å². The molecule has 5 nitrogen and oxygen atoms in total. The van der Waals surface area contributed by atoms with Crippen LogP contribution >= 0.6 is 0 Å². The number of anilines is 1. The van der Waals surface area contributed by atoms with Gasteiger partial charge in [0.05, 0.1) is 6.54 Å². The largest absolute Gasteiger partial charge is 0.471 e. The van der Waals surface area contributed by atoms with E-state index >= 15 is 0 Å². The third-order valence-electron chi connectivity index (χ3n) is 5.14. The molecule has 0 saturated heterocycles. The Kier molecular flexibility index (Phi) is 4.92. The molecular weight excluding hydrogens is 360 g/mol. The van der Waals surface area contributed by atoms with E-state index in [9.17, 15) is 5.26 Å². The fourth-order valence-electron chi connectivity index (χ4n) is 3.47. The van der Waals surface area contributed by atoms with Crippen molar-refractivity contribution in [3.8, 4) is 11.9 Å².